The number of hydrogen-bond donors (Lipinski definition) is 1. The van der Waals surface area contributed by atoms with Crippen LogP contribution < -0.4 is 5.56 Å². The van der Waals surface area contributed by atoms with Gasteiger partial charge in [-0.15, -0.1) is 0 Å². The fraction of sp³-hybridized carbons (Fsp3) is 0.185. The van der Waals surface area contributed by atoms with Crippen molar-refractivity contribution < 1.29 is 9.50 Å². The molecule has 1 N–H and O–H groups in total. The molecule has 0 aliphatic carbocycles. The van der Waals surface area contributed by atoms with Crippen LogP contribution in [0.2, 0.25) is 0 Å². The molecule has 0 aliphatic rings. The lowest BCUT2D eigenvalue weighted by Crippen LogP contribution is -2.24. The summed E-state index contributed by atoms with van der Waals surface area (Å²) in [6, 6.07) is 14.0. The van der Waals surface area contributed by atoms with Crippen LogP contribution in [0.25, 0.3) is 33.2 Å². The first-order valence-electron chi connectivity index (χ1n) is 11.1. The maximum Gasteiger partial charge on any atom is 0.282 e. The van der Waals surface area contributed by atoms with E-state index in [0.29, 0.717) is 38.9 Å². The van der Waals surface area contributed by atoms with E-state index in [1.807, 2.05) is 20.8 Å². The van der Waals surface area contributed by atoms with Crippen molar-refractivity contribution in [2.75, 3.05) is 0 Å². The van der Waals surface area contributed by atoms with Gasteiger partial charge in [0.25, 0.3) is 5.56 Å². The number of nitriles is 1. The zero-order valence-electron chi connectivity index (χ0n) is 19.5. The van der Waals surface area contributed by atoms with Gasteiger partial charge in [0, 0.05) is 28.7 Å². The molecule has 7 nitrogen and oxygen atoms in total. The minimum Gasteiger partial charge on any atom is -0.392 e. The van der Waals surface area contributed by atoms with Gasteiger partial charge >= 0.3 is 0 Å². The van der Waals surface area contributed by atoms with E-state index in [4.69, 9.17) is 0 Å². The molecule has 0 atom stereocenters. The highest BCUT2D eigenvalue weighted by molar-refractivity contribution is 5.85. The smallest absolute Gasteiger partial charge is 0.282 e. The number of pyridine rings is 1. The van der Waals surface area contributed by atoms with Crippen LogP contribution in [-0.4, -0.2) is 24.4 Å². The third kappa shape index (κ3) is 3.57. The number of benzene rings is 2. The second-order valence-corrected chi connectivity index (χ2v) is 9.37. The number of nitrogens with zero attached hydrogens (tertiary/aromatic N) is 5. The molecule has 0 spiro atoms. The molecule has 0 unspecified atom stereocenters. The molecule has 0 aliphatic heterocycles. The van der Waals surface area contributed by atoms with Crippen molar-refractivity contribution in [2.24, 2.45) is 0 Å². The summed E-state index contributed by atoms with van der Waals surface area (Å²) in [5.74, 6) is -0.616. The SMILES string of the molecule is CC(C)(C)c1cc(F)c2c(=O)n(-c3cccc(-n4cc(C#N)c5cccnc54)c3CO)ncc2c1. The van der Waals surface area contributed by atoms with Crippen LogP contribution in [0.3, 0.4) is 0 Å². The van der Waals surface area contributed by atoms with Gasteiger partial charge in [0.2, 0.25) is 0 Å². The summed E-state index contributed by atoms with van der Waals surface area (Å²) >= 11 is 0. The quantitative estimate of drug-likeness (QED) is 0.421. The number of halogens is 1. The number of hydrogen-bond acceptors (Lipinski definition) is 5. The molecule has 0 saturated heterocycles. The van der Waals surface area contributed by atoms with Crippen molar-refractivity contribution in [3.05, 3.63) is 93.9 Å². The first kappa shape index (κ1) is 22.4. The number of aliphatic hydroxyl groups excluding tert-OH is 1. The van der Waals surface area contributed by atoms with Gasteiger partial charge in [-0.3, -0.25) is 9.36 Å². The van der Waals surface area contributed by atoms with Crippen LogP contribution in [0.15, 0.2) is 65.8 Å². The average molecular weight is 468 g/mol. The van der Waals surface area contributed by atoms with E-state index >= 15 is 4.39 Å². The molecule has 0 fully saturated rings. The van der Waals surface area contributed by atoms with Crippen molar-refractivity contribution in [1.82, 2.24) is 19.3 Å². The lowest BCUT2D eigenvalue weighted by atomic mass is 9.86. The Morgan fingerprint density at radius 1 is 1.14 bits per heavy atom. The van der Waals surface area contributed by atoms with Gasteiger partial charge in [0.05, 0.1) is 35.1 Å². The summed E-state index contributed by atoms with van der Waals surface area (Å²) in [7, 11) is 0. The molecule has 3 aromatic heterocycles. The van der Waals surface area contributed by atoms with E-state index in [1.54, 1.807) is 53.4 Å². The molecule has 35 heavy (non-hydrogen) atoms. The van der Waals surface area contributed by atoms with Gasteiger partial charge in [-0.25, -0.2) is 9.37 Å². The van der Waals surface area contributed by atoms with Gasteiger partial charge in [-0.2, -0.15) is 15.0 Å². The highest BCUT2D eigenvalue weighted by Gasteiger charge is 2.21. The van der Waals surface area contributed by atoms with Crippen molar-refractivity contribution in [2.45, 2.75) is 32.8 Å². The van der Waals surface area contributed by atoms with E-state index in [1.165, 1.54) is 12.3 Å². The Morgan fingerprint density at radius 3 is 2.63 bits per heavy atom. The second kappa shape index (κ2) is 8.15. The normalized spacial score (nSPS) is 11.8. The summed E-state index contributed by atoms with van der Waals surface area (Å²) in [5, 5.41) is 25.2. The van der Waals surface area contributed by atoms with Crippen LogP contribution in [-0.2, 0) is 12.0 Å². The summed E-state index contributed by atoms with van der Waals surface area (Å²) in [6.45, 7) is 5.49. The number of aliphatic hydroxyl groups is 1. The van der Waals surface area contributed by atoms with Crippen molar-refractivity contribution in [3.8, 4) is 17.4 Å². The van der Waals surface area contributed by atoms with E-state index in [0.717, 1.165) is 10.2 Å². The summed E-state index contributed by atoms with van der Waals surface area (Å²) < 4.78 is 17.9. The first-order chi connectivity index (χ1) is 16.7. The van der Waals surface area contributed by atoms with Gasteiger partial charge in [-0.1, -0.05) is 26.8 Å². The van der Waals surface area contributed by atoms with E-state index in [2.05, 4.69) is 16.2 Å². The van der Waals surface area contributed by atoms with Crippen LogP contribution in [0.5, 0.6) is 0 Å². The summed E-state index contributed by atoms with van der Waals surface area (Å²) in [4.78, 5) is 17.8. The zero-order chi connectivity index (χ0) is 24.9. The zero-order valence-corrected chi connectivity index (χ0v) is 19.5. The van der Waals surface area contributed by atoms with E-state index in [-0.39, 0.29) is 10.8 Å². The monoisotopic (exact) mass is 467 g/mol. The summed E-state index contributed by atoms with van der Waals surface area (Å²) in [5.41, 5.74) is 2.05. The van der Waals surface area contributed by atoms with Gasteiger partial charge in [0.1, 0.15) is 17.5 Å². The first-order valence-corrected chi connectivity index (χ1v) is 11.1. The van der Waals surface area contributed by atoms with Crippen LogP contribution >= 0.6 is 0 Å². The molecule has 0 saturated carbocycles. The Labute approximate surface area is 200 Å². The van der Waals surface area contributed by atoms with Crippen LogP contribution in [0.4, 0.5) is 4.39 Å². The summed E-state index contributed by atoms with van der Waals surface area (Å²) in [6.07, 6.45) is 4.72. The Balaban J connectivity index is 1.76. The van der Waals surface area contributed by atoms with Gasteiger partial charge < -0.3 is 5.11 Å². The minimum absolute atomic E-state index is 0.0675. The molecule has 3 heterocycles. The highest BCUT2D eigenvalue weighted by Crippen LogP contribution is 2.29. The third-order valence-electron chi connectivity index (χ3n) is 6.16. The Morgan fingerprint density at radius 2 is 1.91 bits per heavy atom. The molecule has 0 radical (unpaired) electrons. The number of rotatable bonds is 3. The Kier molecular flexibility index (Phi) is 5.23. The maximum absolute atomic E-state index is 15.1. The minimum atomic E-state index is -0.625. The lowest BCUT2D eigenvalue weighted by Gasteiger charge is -2.20. The molecule has 2 aromatic carbocycles. The van der Waals surface area contributed by atoms with Crippen LogP contribution in [0, 0.1) is 17.1 Å². The third-order valence-corrected chi connectivity index (χ3v) is 6.16. The fourth-order valence-electron chi connectivity index (χ4n) is 4.32. The van der Waals surface area contributed by atoms with Gasteiger partial charge in [0.15, 0.2) is 0 Å². The molecular weight excluding hydrogens is 445 g/mol. The average Bonchev–Trinajstić information content (AvgIpc) is 3.21. The van der Waals surface area contributed by atoms with Crippen molar-refractivity contribution >= 4 is 21.8 Å². The molecule has 0 bridgehead atoms. The molecule has 0 amide bonds. The fourth-order valence-corrected chi connectivity index (χ4v) is 4.32. The molecular formula is C27H22FN5O2. The lowest BCUT2D eigenvalue weighted by molar-refractivity contribution is 0.281. The van der Waals surface area contributed by atoms with Crippen molar-refractivity contribution in [3.63, 3.8) is 0 Å². The second-order valence-electron chi connectivity index (χ2n) is 9.37. The van der Waals surface area contributed by atoms with Crippen molar-refractivity contribution in [1.29, 1.82) is 5.26 Å². The predicted octanol–water partition coefficient (Wildman–Crippen LogP) is 4.53. The van der Waals surface area contributed by atoms with E-state index in [9.17, 15) is 15.2 Å². The molecule has 8 heteroatoms. The molecule has 174 valence electrons. The topological polar surface area (TPSA) is 96.7 Å². The van der Waals surface area contributed by atoms with Crippen LogP contribution in [0.1, 0.15) is 37.5 Å². The number of aromatic nitrogens is 4. The Bertz CT molecular complexity index is 1720. The number of fused-ring (bicyclic) bond motifs is 2. The Hall–Kier alpha value is -4.35. The highest BCUT2D eigenvalue weighted by atomic mass is 19.1. The standard InChI is InChI=1S/C27H22FN5O2/c1-27(2,3)18-10-16-13-31-33(26(35)24(16)21(28)11-18)23-8-4-7-22(20(23)15-34)32-14-17(12-29)19-6-5-9-30-25(19)32/h4-11,13-14,34H,15H2,1-3H3. The molecule has 5 rings (SSSR count). The maximum atomic E-state index is 15.1. The van der Waals surface area contributed by atoms with Gasteiger partial charge in [-0.05, 0) is 47.4 Å². The predicted molar refractivity (Wildman–Crippen MR) is 131 cm³/mol. The van der Waals surface area contributed by atoms with E-state index < -0.39 is 18.0 Å². The molecule has 5 aromatic rings. The largest absolute Gasteiger partial charge is 0.392 e.